The van der Waals surface area contributed by atoms with Gasteiger partial charge in [0.1, 0.15) is 0 Å². The molecule has 0 saturated heterocycles. The Balaban J connectivity index is 3.20. The van der Waals surface area contributed by atoms with Gasteiger partial charge in [-0.1, -0.05) is 11.6 Å². The molecule has 1 aromatic rings. The van der Waals surface area contributed by atoms with Gasteiger partial charge in [-0.05, 0) is 0 Å². The number of rotatable bonds is 1. The van der Waals surface area contributed by atoms with E-state index >= 15 is 0 Å². The molecule has 1 rings (SSSR count). The predicted molar refractivity (Wildman–Crippen MR) is 35.5 cm³/mol. The predicted octanol–water partition coefficient (Wildman–Crippen LogP) is 0.773. The molecule has 0 aliphatic carbocycles. The highest BCUT2D eigenvalue weighted by atomic mass is 35.5. The van der Waals surface area contributed by atoms with Crippen molar-refractivity contribution < 1.29 is 14.9 Å². The molecule has 0 aromatic carbocycles. The van der Waals surface area contributed by atoms with E-state index in [4.69, 9.17) is 16.8 Å². The molecule has 0 amide bonds. The van der Waals surface area contributed by atoms with E-state index in [2.05, 4.69) is 0 Å². The lowest BCUT2D eigenvalue weighted by atomic mass is 10.4. The lowest BCUT2D eigenvalue weighted by molar-refractivity contribution is -0.904. The molecular formula is C5H4ClN2O3+. The summed E-state index contributed by atoms with van der Waals surface area (Å²) in [4.78, 5) is 9.54. The Bertz CT molecular complexity index is 302. The monoisotopic (exact) mass is 175 g/mol. The summed E-state index contributed by atoms with van der Waals surface area (Å²) in [7, 11) is 0. The minimum Gasteiger partial charge on any atom is -0.285 e. The topological polar surface area (TPSA) is 67.2 Å². The first kappa shape index (κ1) is 7.74. The summed E-state index contributed by atoms with van der Waals surface area (Å²) in [5.74, 6) is 0. The quantitative estimate of drug-likeness (QED) is 0.297. The van der Waals surface area contributed by atoms with Crippen LogP contribution in [0.2, 0.25) is 5.02 Å². The van der Waals surface area contributed by atoms with Crippen LogP contribution in [0.4, 0.5) is 5.69 Å². The SMILES string of the molecule is O=[N+]([O-])c1cc[n+](O)cc1Cl. The molecule has 1 aromatic heterocycles. The number of nitro groups is 1. The molecule has 58 valence electrons. The van der Waals surface area contributed by atoms with E-state index in [0.29, 0.717) is 4.73 Å². The summed E-state index contributed by atoms with van der Waals surface area (Å²) in [5, 5.41) is 18.8. The van der Waals surface area contributed by atoms with E-state index in [1.807, 2.05) is 0 Å². The minimum atomic E-state index is -0.623. The Morgan fingerprint density at radius 3 is 2.82 bits per heavy atom. The fourth-order valence-corrected chi connectivity index (χ4v) is 0.832. The smallest absolute Gasteiger partial charge is 0.285 e. The van der Waals surface area contributed by atoms with Crippen molar-refractivity contribution in [2.45, 2.75) is 0 Å². The number of aromatic nitrogens is 1. The maximum atomic E-state index is 10.2. The highest BCUT2D eigenvalue weighted by Crippen LogP contribution is 2.20. The standard InChI is InChI=1S/C5H4ClN2O3/c6-4-3-7(9)2-1-5(4)8(10)11/h1-3,9H/q+1. The van der Waals surface area contributed by atoms with E-state index in [1.54, 1.807) is 0 Å². The second-order valence-corrected chi connectivity index (χ2v) is 2.22. The number of hydrogen-bond acceptors (Lipinski definition) is 3. The fraction of sp³-hybridized carbons (Fsp3) is 0. The molecule has 0 saturated carbocycles. The van der Waals surface area contributed by atoms with Crippen LogP contribution in [0.5, 0.6) is 0 Å². The second kappa shape index (κ2) is 2.71. The molecule has 0 spiro atoms. The third-order valence-electron chi connectivity index (χ3n) is 1.07. The minimum absolute atomic E-state index is 0.0972. The first-order valence-corrected chi connectivity index (χ1v) is 3.03. The first-order chi connectivity index (χ1) is 5.11. The summed E-state index contributed by atoms with van der Waals surface area (Å²) < 4.78 is 0.648. The van der Waals surface area contributed by atoms with Gasteiger partial charge in [0.2, 0.25) is 12.4 Å². The first-order valence-electron chi connectivity index (χ1n) is 2.65. The van der Waals surface area contributed by atoms with Gasteiger partial charge in [-0.25, -0.2) is 0 Å². The number of nitrogens with zero attached hydrogens (tertiary/aromatic N) is 2. The molecule has 1 N–H and O–H groups in total. The average Bonchev–Trinajstić information content (AvgIpc) is 1.85. The number of hydrogen-bond donors (Lipinski definition) is 1. The van der Waals surface area contributed by atoms with Gasteiger partial charge in [0.15, 0.2) is 5.02 Å². The molecule has 6 heteroatoms. The Kier molecular flexibility index (Phi) is 1.91. The zero-order valence-electron chi connectivity index (χ0n) is 5.27. The molecule has 0 bridgehead atoms. The van der Waals surface area contributed by atoms with Crippen LogP contribution in [0, 0.1) is 10.1 Å². The van der Waals surface area contributed by atoms with E-state index < -0.39 is 4.92 Å². The molecule has 0 aliphatic rings. The zero-order chi connectivity index (χ0) is 8.43. The van der Waals surface area contributed by atoms with E-state index in [-0.39, 0.29) is 10.7 Å². The lowest BCUT2D eigenvalue weighted by Gasteiger charge is -1.89. The van der Waals surface area contributed by atoms with Gasteiger partial charge in [0.25, 0.3) is 5.69 Å². The van der Waals surface area contributed by atoms with Crippen molar-refractivity contribution in [1.29, 1.82) is 0 Å². The van der Waals surface area contributed by atoms with Gasteiger partial charge in [0.05, 0.1) is 11.0 Å². The van der Waals surface area contributed by atoms with Gasteiger partial charge in [-0.3, -0.25) is 15.3 Å². The van der Waals surface area contributed by atoms with Crippen molar-refractivity contribution in [3.63, 3.8) is 0 Å². The summed E-state index contributed by atoms with van der Waals surface area (Å²) in [6.07, 6.45) is 2.17. The molecule has 5 nitrogen and oxygen atoms in total. The van der Waals surface area contributed by atoms with Gasteiger partial charge in [-0.15, -0.1) is 0 Å². The molecule has 0 radical (unpaired) electrons. The van der Waals surface area contributed by atoms with Crippen LogP contribution in [0.15, 0.2) is 18.5 Å². The maximum absolute atomic E-state index is 10.2. The summed E-state index contributed by atoms with van der Waals surface area (Å²) >= 11 is 5.40. The van der Waals surface area contributed by atoms with Crippen molar-refractivity contribution in [3.8, 4) is 0 Å². The number of pyridine rings is 1. The Morgan fingerprint density at radius 1 is 1.73 bits per heavy atom. The summed E-state index contributed by atoms with van der Waals surface area (Å²) in [6.45, 7) is 0. The third kappa shape index (κ3) is 1.56. The molecule has 1 heterocycles. The van der Waals surface area contributed by atoms with Crippen molar-refractivity contribution in [2.75, 3.05) is 0 Å². The molecular weight excluding hydrogens is 172 g/mol. The van der Waals surface area contributed by atoms with Crippen molar-refractivity contribution >= 4 is 17.3 Å². The van der Waals surface area contributed by atoms with Crippen LogP contribution in [-0.4, -0.2) is 10.1 Å². The van der Waals surface area contributed by atoms with Crippen LogP contribution < -0.4 is 4.73 Å². The fourth-order valence-electron chi connectivity index (χ4n) is 0.600. The van der Waals surface area contributed by atoms with Crippen molar-refractivity contribution in [2.24, 2.45) is 0 Å². The largest absolute Gasteiger partial charge is 0.300 e. The van der Waals surface area contributed by atoms with Crippen molar-refractivity contribution in [1.82, 2.24) is 0 Å². The van der Waals surface area contributed by atoms with E-state index in [1.165, 1.54) is 0 Å². The molecule has 0 atom stereocenters. The molecule has 0 unspecified atom stereocenters. The van der Waals surface area contributed by atoms with Gasteiger partial charge >= 0.3 is 0 Å². The number of halogens is 1. The molecule has 0 fully saturated rings. The zero-order valence-corrected chi connectivity index (χ0v) is 6.02. The van der Waals surface area contributed by atoms with Gasteiger partial charge in [-0.2, -0.15) is 0 Å². The molecule has 0 aliphatic heterocycles. The van der Waals surface area contributed by atoms with Crippen molar-refractivity contribution in [3.05, 3.63) is 33.6 Å². The molecule has 11 heavy (non-hydrogen) atoms. The van der Waals surface area contributed by atoms with Crippen LogP contribution in [-0.2, 0) is 0 Å². The van der Waals surface area contributed by atoms with E-state index in [9.17, 15) is 10.1 Å². The summed E-state index contributed by atoms with van der Waals surface area (Å²) in [5.41, 5.74) is -0.225. The maximum Gasteiger partial charge on any atom is 0.300 e. The summed E-state index contributed by atoms with van der Waals surface area (Å²) in [6, 6.07) is 1.11. The van der Waals surface area contributed by atoms with E-state index in [0.717, 1.165) is 18.5 Å². The highest BCUT2D eigenvalue weighted by Gasteiger charge is 2.15. The third-order valence-corrected chi connectivity index (χ3v) is 1.36. The highest BCUT2D eigenvalue weighted by molar-refractivity contribution is 6.32. The van der Waals surface area contributed by atoms with Crippen LogP contribution >= 0.6 is 11.6 Å². The van der Waals surface area contributed by atoms with Gasteiger partial charge < -0.3 is 0 Å². The van der Waals surface area contributed by atoms with Gasteiger partial charge in [0, 0.05) is 4.73 Å². The van der Waals surface area contributed by atoms with Crippen LogP contribution in [0.1, 0.15) is 0 Å². The average molecular weight is 176 g/mol. The Labute approximate surface area is 66.6 Å². The second-order valence-electron chi connectivity index (χ2n) is 1.82. The lowest BCUT2D eigenvalue weighted by Crippen LogP contribution is -2.28. The Morgan fingerprint density at radius 2 is 2.36 bits per heavy atom. The van der Waals surface area contributed by atoms with Crippen LogP contribution in [0.25, 0.3) is 0 Å². The Hall–Kier alpha value is -1.36. The normalized spacial score (nSPS) is 9.55. The van der Waals surface area contributed by atoms with Crippen LogP contribution in [0.3, 0.4) is 0 Å².